The molecular formula is C14H17NO5. The zero-order valence-electron chi connectivity index (χ0n) is 11.9. The van der Waals surface area contributed by atoms with Gasteiger partial charge in [0.1, 0.15) is 5.60 Å². The fraction of sp³-hybridized carbons (Fsp3) is 0.357. The first kappa shape index (κ1) is 15.7. The molecule has 0 unspecified atom stereocenters. The van der Waals surface area contributed by atoms with Gasteiger partial charge in [0, 0.05) is 11.3 Å². The number of anilines is 1. The van der Waals surface area contributed by atoms with E-state index < -0.39 is 23.4 Å². The van der Waals surface area contributed by atoms with Crippen molar-refractivity contribution in [1.29, 1.82) is 0 Å². The summed E-state index contributed by atoms with van der Waals surface area (Å²) in [6.07, 6.45) is -0.593. The summed E-state index contributed by atoms with van der Waals surface area (Å²) < 4.78 is 9.42. The Bertz CT molecular complexity index is 513. The van der Waals surface area contributed by atoms with Gasteiger partial charge in [0.05, 0.1) is 7.11 Å². The summed E-state index contributed by atoms with van der Waals surface area (Å²) in [6, 6.07) is 5.85. The molecule has 1 amide bonds. The fourth-order valence-electron chi connectivity index (χ4n) is 1.34. The number of carbonyl (C=O) groups is 3. The number of benzene rings is 1. The highest BCUT2D eigenvalue weighted by Crippen LogP contribution is 2.13. The minimum Gasteiger partial charge on any atom is -0.463 e. The van der Waals surface area contributed by atoms with Gasteiger partial charge >= 0.3 is 12.1 Å². The first-order valence-corrected chi connectivity index (χ1v) is 5.95. The molecule has 0 heterocycles. The van der Waals surface area contributed by atoms with E-state index in [0.717, 1.165) is 7.11 Å². The second kappa shape index (κ2) is 6.18. The average molecular weight is 279 g/mol. The Balaban J connectivity index is 2.70. The van der Waals surface area contributed by atoms with Crippen molar-refractivity contribution in [2.24, 2.45) is 0 Å². The topological polar surface area (TPSA) is 81.7 Å². The predicted molar refractivity (Wildman–Crippen MR) is 72.6 cm³/mol. The van der Waals surface area contributed by atoms with E-state index in [0.29, 0.717) is 5.69 Å². The van der Waals surface area contributed by atoms with Gasteiger partial charge in [-0.3, -0.25) is 10.1 Å². The van der Waals surface area contributed by atoms with Gasteiger partial charge in [-0.1, -0.05) is 0 Å². The molecule has 1 rings (SSSR count). The fourth-order valence-corrected chi connectivity index (χ4v) is 1.34. The molecule has 1 aromatic carbocycles. The zero-order valence-corrected chi connectivity index (χ0v) is 11.9. The van der Waals surface area contributed by atoms with E-state index in [1.54, 1.807) is 20.8 Å². The number of hydrogen-bond donors (Lipinski definition) is 1. The van der Waals surface area contributed by atoms with Gasteiger partial charge in [-0.25, -0.2) is 9.59 Å². The minimum atomic E-state index is -0.933. The second-order valence-corrected chi connectivity index (χ2v) is 5.02. The molecule has 0 saturated carbocycles. The number of esters is 1. The number of nitrogens with one attached hydrogen (secondary N) is 1. The van der Waals surface area contributed by atoms with Crippen molar-refractivity contribution in [3.63, 3.8) is 0 Å². The van der Waals surface area contributed by atoms with Gasteiger partial charge in [0.25, 0.3) is 5.78 Å². The van der Waals surface area contributed by atoms with E-state index >= 15 is 0 Å². The van der Waals surface area contributed by atoms with Crippen LogP contribution in [0.4, 0.5) is 10.5 Å². The summed E-state index contributed by atoms with van der Waals surface area (Å²) in [6.45, 7) is 5.26. The SMILES string of the molecule is COC(=O)C(=O)c1ccc(NC(=O)OC(C)(C)C)cc1. The number of rotatable bonds is 3. The van der Waals surface area contributed by atoms with Crippen LogP contribution in [0.5, 0.6) is 0 Å². The largest absolute Gasteiger partial charge is 0.463 e. The molecule has 6 nitrogen and oxygen atoms in total. The Morgan fingerprint density at radius 2 is 1.60 bits per heavy atom. The van der Waals surface area contributed by atoms with Crippen LogP contribution in [0.2, 0.25) is 0 Å². The van der Waals surface area contributed by atoms with E-state index in [1.807, 2.05) is 0 Å². The van der Waals surface area contributed by atoms with E-state index in [9.17, 15) is 14.4 Å². The minimum absolute atomic E-state index is 0.187. The maximum Gasteiger partial charge on any atom is 0.412 e. The number of Topliss-reactive ketones (excluding diaryl/α,β-unsaturated/α-hetero) is 1. The van der Waals surface area contributed by atoms with E-state index in [4.69, 9.17) is 4.74 Å². The third-order valence-corrected chi connectivity index (χ3v) is 2.16. The number of ether oxygens (including phenoxy) is 2. The Morgan fingerprint density at radius 3 is 2.05 bits per heavy atom. The molecule has 0 spiro atoms. The first-order chi connectivity index (χ1) is 9.23. The van der Waals surface area contributed by atoms with Crippen molar-refractivity contribution in [2.75, 3.05) is 12.4 Å². The third kappa shape index (κ3) is 4.72. The molecule has 1 aromatic rings. The third-order valence-electron chi connectivity index (χ3n) is 2.16. The highest BCUT2D eigenvalue weighted by Gasteiger charge is 2.18. The lowest BCUT2D eigenvalue weighted by Gasteiger charge is -2.19. The molecule has 0 aliphatic carbocycles. The molecule has 6 heteroatoms. The molecule has 0 saturated heterocycles. The Labute approximate surface area is 117 Å². The van der Waals surface area contributed by atoms with E-state index in [2.05, 4.69) is 10.1 Å². The van der Waals surface area contributed by atoms with Gasteiger partial charge < -0.3 is 9.47 Å². The molecule has 0 fully saturated rings. The van der Waals surface area contributed by atoms with Crippen LogP contribution in [0, 0.1) is 0 Å². The molecule has 108 valence electrons. The van der Waals surface area contributed by atoms with Crippen molar-refractivity contribution in [1.82, 2.24) is 0 Å². The van der Waals surface area contributed by atoms with Crippen molar-refractivity contribution in [2.45, 2.75) is 26.4 Å². The Hall–Kier alpha value is -2.37. The first-order valence-electron chi connectivity index (χ1n) is 5.95. The number of hydrogen-bond acceptors (Lipinski definition) is 5. The van der Waals surface area contributed by atoms with Gasteiger partial charge in [-0.05, 0) is 45.0 Å². The van der Waals surface area contributed by atoms with Crippen LogP contribution in [-0.2, 0) is 14.3 Å². The van der Waals surface area contributed by atoms with Gasteiger partial charge in [0.2, 0.25) is 0 Å². The van der Waals surface area contributed by atoms with Crippen molar-refractivity contribution in [3.8, 4) is 0 Å². The van der Waals surface area contributed by atoms with E-state index in [-0.39, 0.29) is 5.56 Å². The standard InChI is InChI=1S/C14H17NO5/c1-14(2,3)20-13(18)15-10-7-5-9(6-8-10)11(16)12(17)19-4/h5-8H,1-4H3,(H,15,18). The van der Waals surface area contributed by atoms with Crippen LogP contribution in [0.15, 0.2) is 24.3 Å². The highest BCUT2D eigenvalue weighted by molar-refractivity contribution is 6.40. The summed E-state index contributed by atoms with van der Waals surface area (Å²) in [7, 11) is 1.14. The molecule has 20 heavy (non-hydrogen) atoms. The number of carbonyl (C=O) groups excluding carboxylic acids is 3. The lowest BCUT2D eigenvalue weighted by Crippen LogP contribution is -2.27. The smallest absolute Gasteiger partial charge is 0.412 e. The molecule has 0 aliphatic heterocycles. The lowest BCUT2D eigenvalue weighted by molar-refractivity contribution is -0.135. The maximum absolute atomic E-state index is 11.5. The average Bonchev–Trinajstić information content (AvgIpc) is 2.35. The number of methoxy groups -OCH3 is 1. The summed E-state index contributed by atoms with van der Waals surface area (Å²) in [5, 5.41) is 2.52. The molecule has 0 aliphatic rings. The quantitative estimate of drug-likeness (QED) is 0.522. The number of ketones is 1. The van der Waals surface area contributed by atoms with Gasteiger partial charge in [-0.2, -0.15) is 0 Å². The van der Waals surface area contributed by atoms with Crippen LogP contribution in [0.3, 0.4) is 0 Å². The summed E-state index contributed by atoms with van der Waals surface area (Å²) in [5.74, 6) is -1.67. The lowest BCUT2D eigenvalue weighted by atomic mass is 10.1. The molecule has 0 radical (unpaired) electrons. The highest BCUT2D eigenvalue weighted by atomic mass is 16.6. The summed E-state index contributed by atoms with van der Waals surface area (Å²) in [5.41, 5.74) is 0.0532. The number of amides is 1. The molecule has 0 aromatic heterocycles. The predicted octanol–water partition coefficient (Wildman–Crippen LogP) is 2.39. The molecule has 0 bridgehead atoms. The van der Waals surface area contributed by atoms with Crippen molar-refractivity contribution < 1.29 is 23.9 Å². The van der Waals surface area contributed by atoms with Crippen molar-refractivity contribution >= 4 is 23.5 Å². The van der Waals surface area contributed by atoms with Crippen LogP contribution < -0.4 is 5.32 Å². The molecule has 0 atom stereocenters. The summed E-state index contributed by atoms with van der Waals surface area (Å²) >= 11 is 0. The maximum atomic E-state index is 11.5. The Morgan fingerprint density at radius 1 is 1.05 bits per heavy atom. The van der Waals surface area contributed by atoms with Crippen LogP contribution in [0.25, 0.3) is 0 Å². The normalized spacial score (nSPS) is 10.6. The molecular weight excluding hydrogens is 262 g/mol. The van der Waals surface area contributed by atoms with Crippen LogP contribution in [0.1, 0.15) is 31.1 Å². The molecule has 1 N–H and O–H groups in total. The zero-order chi connectivity index (χ0) is 15.3. The van der Waals surface area contributed by atoms with Crippen molar-refractivity contribution in [3.05, 3.63) is 29.8 Å². The van der Waals surface area contributed by atoms with Crippen LogP contribution in [-0.4, -0.2) is 30.6 Å². The monoisotopic (exact) mass is 279 g/mol. The van der Waals surface area contributed by atoms with Gasteiger partial charge in [-0.15, -0.1) is 0 Å². The summed E-state index contributed by atoms with van der Waals surface area (Å²) in [4.78, 5) is 34.1. The van der Waals surface area contributed by atoms with Crippen LogP contribution >= 0.6 is 0 Å². The van der Waals surface area contributed by atoms with Gasteiger partial charge in [0.15, 0.2) is 0 Å². The second-order valence-electron chi connectivity index (χ2n) is 5.02. The van der Waals surface area contributed by atoms with E-state index in [1.165, 1.54) is 24.3 Å². The Kier molecular flexibility index (Phi) is 4.85.